The summed E-state index contributed by atoms with van der Waals surface area (Å²) in [5, 5.41) is 1.92. The Labute approximate surface area is 76.8 Å². The maximum atomic E-state index is 10.5. The van der Waals surface area contributed by atoms with Gasteiger partial charge in [0.25, 0.3) is 0 Å². The van der Waals surface area contributed by atoms with Crippen molar-refractivity contribution in [3.63, 3.8) is 0 Å². The second kappa shape index (κ2) is 3.18. The van der Waals surface area contributed by atoms with Gasteiger partial charge >= 0.3 is 10.4 Å². The van der Waals surface area contributed by atoms with E-state index in [0.717, 1.165) is 19.5 Å². The minimum Gasteiger partial charge on any atom is -0.264 e. The zero-order valence-electron chi connectivity index (χ0n) is 7.01. The largest absolute Gasteiger partial charge is 0.397 e. The third kappa shape index (κ3) is 2.18. The summed E-state index contributed by atoms with van der Waals surface area (Å²) in [5.41, 5.74) is 3.10. The molecule has 0 aliphatic carbocycles. The predicted molar refractivity (Wildman–Crippen MR) is 44.1 cm³/mol. The van der Waals surface area contributed by atoms with Crippen LogP contribution in [0.5, 0.6) is 0 Å². The van der Waals surface area contributed by atoms with Gasteiger partial charge in [0.2, 0.25) is 0 Å². The Hall–Kier alpha value is -0.210. The minimum atomic E-state index is -4.30. The van der Waals surface area contributed by atoms with E-state index in [1.807, 2.05) is 5.01 Å². The smallest absolute Gasteiger partial charge is 0.264 e. The van der Waals surface area contributed by atoms with E-state index < -0.39 is 16.5 Å². The first-order valence-electron chi connectivity index (χ1n) is 4.19. The van der Waals surface area contributed by atoms with Crippen molar-refractivity contribution in [2.45, 2.75) is 12.5 Å². The van der Waals surface area contributed by atoms with Crippen LogP contribution in [0.2, 0.25) is 0 Å². The van der Waals surface area contributed by atoms with E-state index in [1.54, 1.807) is 0 Å². The lowest BCUT2D eigenvalue weighted by Crippen LogP contribution is -2.40. The monoisotopic (exact) mass is 208 g/mol. The summed E-state index contributed by atoms with van der Waals surface area (Å²) in [4.78, 5) is 0. The Morgan fingerprint density at radius 2 is 2.23 bits per heavy atom. The van der Waals surface area contributed by atoms with E-state index in [-0.39, 0.29) is 5.92 Å². The second-order valence-electron chi connectivity index (χ2n) is 3.42. The van der Waals surface area contributed by atoms with Gasteiger partial charge in [-0.25, -0.2) is 9.19 Å². The summed E-state index contributed by atoms with van der Waals surface area (Å²) in [6.45, 7) is 2.15. The molecule has 2 bridgehead atoms. The van der Waals surface area contributed by atoms with Crippen molar-refractivity contribution < 1.29 is 17.2 Å². The molecule has 6 nitrogen and oxygen atoms in total. The van der Waals surface area contributed by atoms with E-state index in [4.69, 9.17) is 4.55 Å². The van der Waals surface area contributed by atoms with Gasteiger partial charge in [-0.3, -0.25) is 9.98 Å². The normalized spacial score (nSPS) is 39.3. The van der Waals surface area contributed by atoms with Gasteiger partial charge in [0, 0.05) is 25.6 Å². The maximum absolute atomic E-state index is 10.5. The zero-order chi connectivity index (χ0) is 9.47. The molecule has 7 heteroatoms. The number of rotatable bonds is 2. The molecule has 0 radical (unpaired) electrons. The molecule has 2 N–H and O–H groups in total. The number of nitrogens with zero attached hydrogens (tertiary/aromatic N) is 1. The Balaban J connectivity index is 2.02. The van der Waals surface area contributed by atoms with Crippen LogP contribution in [-0.4, -0.2) is 43.7 Å². The average Bonchev–Trinajstić information content (AvgIpc) is 2.24. The first-order chi connectivity index (χ1) is 6.04. The number of nitrogens with one attached hydrogen (secondary N) is 1. The Bertz CT molecular complexity index is 291. The van der Waals surface area contributed by atoms with Crippen molar-refractivity contribution in [2.24, 2.45) is 5.92 Å². The highest BCUT2D eigenvalue weighted by molar-refractivity contribution is 7.80. The van der Waals surface area contributed by atoms with Crippen molar-refractivity contribution in [3.05, 3.63) is 0 Å². The molecule has 3 atom stereocenters. The lowest BCUT2D eigenvalue weighted by atomic mass is 10.0. The van der Waals surface area contributed by atoms with E-state index in [2.05, 4.69) is 9.61 Å². The molecular weight excluding hydrogens is 196 g/mol. The van der Waals surface area contributed by atoms with Crippen molar-refractivity contribution in [3.8, 4) is 0 Å². The molecule has 3 unspecified atom stereocenters. The highest BCUT2D eigenvalue weighted by atomic mass is 32.3. The lowest BCUT2D eigenvalue weighted by Gasteiger charge is -2.22. The molecule has 0 spiro atoms. The van der Waals surface area contributed by atoms with E-state index in [1.165, 1.54) is 0 Å². The molecule has 13 heavy (non-hydrogen) atoms. The summed E-state index contributed by atoms with van der Waals surface area (Å²) in [5.74, 6) is 0.211. The molecular formula is C6H12N2O4S. The van der Waals surface area contributed by atoms with Gasteiger partial charge in [0.15, 0.2) is 0 Å². The van der Waals surface area contributed by atoms with E-state index >= 15 is 0 Å². The third-order valence-corrected chi connectivity index (χ3v) is 2.97. The van der Waals surface area contributed by atoms with Crippen LogP contribution < -0.4 is 5.43 Å². The number of hydrogen-bond acceptors (Lipinski definition) is 5. The first kappa shape index (κ1) is 9.35. The fourth-order valence-electron chi connectivity index (χ4n) is 1.92. The summed E-state index contributed by atoms with van der Waals surface area (Å²) in [6, 6.07) is 0. The lowest BCUT2D eigenvalue weighted by molar-refractivity contribution is 0.156. The molecule has 2 rings (SSSR count). The van der Waals surface area contributed by atoms with Crippen LogP contribution in [0, 0.1) is 5.92 Å². The van der Waals surface area contributed by atoms with Crippen LogP contribution in [0.1, 0.15) is 6.42 Å². The fraction of sp³-hybridized carbons (Fsp3) is 1.00. The molecule has 0 aromatic rings. The van der Waals surface area contributed by atoms with Crippen LogP contribution in [0.25, 0.3) is 0 Å². The molecule has 0 aromatic heterocycles. The average molecular weight is 208 g/mol. The zero-order valence-corrected chi connectivity index (χ0v) is 7.83. The van der Waals surface area contributed by atoms with Gasteiger partial charge in [-0.05, 0) is 6.42 Å². The highest BCUT2D eigenvalue weighted by Crippen LogP contribution is 2.25. The topological polar surface area (TPSA) is 78.9 Å². The third-order valence-electron chi connectivity index (χ3n) is 2.48. The molecule has 0 saturated carbocycles. The molecule has 2 heterocycles. The van der Waals surface area contributed by atoms with Crippen LogP contribution in [0.3, 0.4) is 0 Å². The maximum Gasteiger partial charge on any atom is 0.397 e. The number of hydrogen-bond donors (Lipinski definition) is 2. The molecule has 2 saturated heterocycles. The predicted octanol–water partition coefficient (Wildman–Crippen LogP) is -0.985. The van der Waals surface area contributed by atoms with Crippen LogP contribution in [0.15, 0.2) is 0 Å². The number of fused-ring (bicyclic) bond motifs is 2. The molecule has 2 aliphatic heterocycles. The molecule has 2 fully saturated rings. The SMILES string of the molecule is O=S(=O)(O)OC1CN2CC1CCN2. The van der Waals surface area contributed by atoms with Gasteiger partial charge in [0.1, 0.15) is 0 Å². The van der Waals surface area contributed by atoms with Crippen molar-refractivity contribution in [1.82, 2.24) is 10.4 Å². The van der Waals surface area contributed by atoms with Gasteiger partial charge < -0.3 is 0 Å². The van der Waals surface area contributed by atoms with Crippen molar-refractivity contribution in [2.75, 3.05) is 19.6 Å². The quantitative estimate of drug-likeness (QED) is 0.567. The Kier molecular flexibility index (Phi) is 2.28. The molecule has 2 aliphatic rings. The summed E-state index contributed by atoms with van der Waals surface area (Å²) >= 11 is 0. The van der Waals surface area contributed by atoms with Gasteiger partial charge in [-0.15, -0.1) is 0 Å². The van der Waals surface area contributed by atoms with Crippen LogP contribution >= 0.6 is 0 Å². The summed E-state index contributed by atoms with van der Waals surface area (Å²) < 4.78 is 34.0. The molecule has 76 valence electrons. The highest BCUT2D eigenvalue weighted by Gasteiger charge is 2.38. The van der Waals surface area contributed by atoms with Crippen molar-refractivity contribution in [1.29, 1.82) is 0 Å². The van der Waals surface area contributed by atoms with E-state index in [9.17, 15) is 8.42 Å². The van der Waals surface area contributed by atoms with Crippen LogP contribution in [0.4, 0.5) is 0 Å². The van der Waals surface area contributed by atoms with E-state index in [0.29, 0.717) is 6.54 Å². The Morgan fingerprint density at radius 3 is 2.85 bits per heavy atom. The molecule has 0 amide bonds. The van der Waals surface area contributed by atoms with Gasteiger partial charge in [-0.2, -0.15) is 8.42 Å². The minimum absolute atomic E-state index is 0.211. The van der Waals surface area contributed by atoms with Gasteiger partial charge in [-0.1, -0.05) is 0 Å². The Morgan fingerprint density at radius 1 is 1.46 bits per heavy atom. The summed E-state index contributed by atoms with van der Waals surface area (Å²) in [6.07, 6.45) is 0.487. The standard InChI is InChI=1S/C6H12N2O4S/c9-13(10,11)12-6-4-8-3-5(6)1-2-7-8/h5-7H,1-4H2,(H,9,10,11). The second-order valence-corrected chi connectivity index (χ2v) is 4.47. The van der Waals surface area contributed by atoms with Gasteiger partial charge in [0.05, 0.1) is 6.10 Å². The van der Waals surface area contributed by atoms with Crippen LogP contribution in [-0.2, 0) is 14.6 Å². The van der Waals surface area contributed by atoms with Crippen molar-refractivity contribution >= 4 is 10.4 Å². The number of hydrazine groups is 1. The molecule has 0 aromatic carbocycles. The fourth-order valence-corrected chi connectivity index (χ4v) is 2.45. The first-order valence-corrected chi connectivity index (χ1v) is 5.55. The summed E-state index contributed by atoms with van der Waals surface area (Å²) in [7, 11) is -4.30.